The summed E-state index contributed by atoms with van der Waals surface area (Å²) in [6, 6.07) is 2.32. The summed E-state index contributed by atoms with van der Waals surface area (Å²) < 4.78 is 7.90. The molecule has 1 fully saturated rings. The highest BCUT2D eigenvalue weighted by atomic mass is 16.5. The Morgan fingerprint density at radius 3 is 3.24 bits per heavy atom. The predicted octanol–water partition coefficient (Wildman–Crippen LogP) is 1.80. The fourth-order valence-corrected chi connectivity index (χ4v) is 3.24. The van der Waals surface area contributed by atoms with Gasteiger partial charge in [-0.25, -0.2) is 9.97 Å². The van der Waals surface area contributed by atoms with Gasteiger partial charge in [-0.1, -0.05) is 0 Å². The minimum Gasteiger partial charge on any atom is -0.396 e. The molecule has 0 aromatic carbocycles. The lowest BCUT2D eigenvalue weighted by Crippen LogP contribution is -2.23. The van der Waals surface area contributed by atoms with Gasteiger partial charge < -0.3 is 19.4 Å². The van der Waals surface area contributed by atoms with Gasteiger partial charge in [0.25, 0.3) is 0 Å². The molecule has 1 atom stereocenters. The van der Waals surface area contributed by atoms with E-state index in [9.17, 15) is 5.11 Å². The standard InChI is InChI=1S/C15H18N4O2/c20-6-4-13-18-12-8-17-15-11(3-5-16-15)14(12)19(13)10-2-1-7-21-9-10/h3,5,8,10,20H,1-2,4,6-7,9H2,(H,16,17)/t10-/m0/s1. The van der Waals surface area contributed by atoms with E-state index in [4.69, 9.17) is 4.74 Å². The number of fused-ring (bicyclic) bond motifs is 3. The number of aliphatic hydroxyl groups excluding tert-OH is 1. The lowest BCUT2D eigenvalue weighted by Gasteiger charge is -2.25. The number of rotatable bonds is 3. The molecule has 1 aliphatic rings. The maximum absolute atomic E-state index is 9.33. The van der Waals surface area contributed by atoms with Crippen LogP contribution in [0.4, 0.5) is 0 Å². The van der Waals surface area contributed by atoms with Gasteiger partial charge in [0.1, 0.15) is 17.0 Å². The van der Waals surface area contributed by atoms with E-state index < -0.39 is 0 Å². The van der Waals surface area contributed by atoms with E-state index in [0.717, 1.165) is 47.3 Å². The Kier molecular flexibility index (Phi) is 3.12. The normalized spacial score (nSPS) is 19.6. The first-order valence-electron chi connectivity index (χ1n) is 7.40. The topological polar surface area (TPSA) is 76.0 Å². The van der Waals surface area contributed by atoms with Crippen molar-refractivity contribution in [1.82, 2.24) is 19.5 Å². The van der Waals surface area contributed by atoms with Gasteiger partial charge in [0.15, 0.2) is 0 Å². The van der Waals surface area contributed by atoms with Crippen LogP contribution in [0.2, 0.25) is 0 Å². The predicted molar refractivity (Wildman–Crippen MR) is 79.3 cm³/mol. The van der Waals surface area contributed by atoms with Gasteiger partial charge in [-0.3, -0.25) is 0 Å². The highest BCUT2D eigenvalue weighted by Gasteiger charge is 2.23. The summed E-state index contributed by atoms with van der Waals surface area (Å²) >= 11 is 0. The van der Waals surface area contributed by atoms with Crippen LogP contribution in [-0.2, 0) is 11.2 Å². The molecule has 3 aromatic heterocycles. The molecule has 21 heavy (non-hydrogen) atoms. The monoisotopic (exact) mass is 286 g/mol. The Morgan fingerprint density at radius 2 is 2.43 bits per heavy atom. The Bertz CT molecular complexity index is 771. The van der Waals surface area contributed by atoms with Gasteiger partial charge in [-0.2, -0.15) is 0 Å². The van der Waals surface area contributed by atoms with Crippen LogP contribution in [0.3, 0.4) is 0 Å². The van der Waals surface area contributed by atoms with Crippen molar-refractivity contribution < 1.29 is 9.84 Å². The lowest BCUT2D eigenvalue weighted by atomic mass is 10.1. The number of hydrogen-bond acceptors (Lipinski definition) is 4. The van der Waals surface area contributed by atoms with Crippen LogP contribution >= 0.6 is 0 Å². The smallest absolute Gasteiger partial charge is 0.139 e. The molecule has 0 saturated carbocycles. The number of aromatic nitrogens is 4. The van der Waals surface area contributed by atoms with Gasteiger partial charge in [0.05, 0.1) is 31.0 Å². The molecule has 6 nitrogen and oxygen atoms in total. The van der Waals surface area contributed by atoms with E-state index in [0.29, 0.717) is 13.0 Å². The molecule has 110 valence electrons. The summed E-state index contributed by atoms with van der Waals surface area (Å²) in [5, 5.41) is 10.4. The summed E-state index contributed by atoms with van der Waals surface area (Å²) in [4.78, 5) is 12.2. The molecule has 0 radical (unpaired) electrons. The average molecular weight is 286 g/mol. The van der Waals surface area contributed by atoms with Crippen molar-refractivity contribution >= 4 is 22.1 Å². The van der Waals surface area contributed by atoms with Crippen molar-refractivity contribution in [3.63, 3.8) is 0 Å². The zero-order valence-corrected chi connectivity index (χ0v) is 11.7. The molecule has 0 unspecified atom stereocenters. The molecule has 0 amide bonds. The van der Waals surface area contributed by atoms with Crippen LogP contribution in [-0.4, -0.2) is 44.4 Å². The Morgan fingerprint density at radius 1 is 1.48 bits per heavy atom. The second-order valence-electron chi connectivity index (χ2n) is 5.47. The van der Waals surface area contributed by atoms with E-state index in [2.05, 4.69) is 19.5 Å². The largest absolute Gasteiger partial charge is 0.396 e. The summed E-state index contributed by atoms with van der Waals surface area (Å²) in [7, 11) is 0. The zero-order chi connectivity index (χ0) is 14.2. The van der Waals surface area contributed by atoms with Crippen LogP contribution in [0.25, 0.3) is 22.1 Å². The number of pyridine rings is 1. The molecule has 1 saturated heterocycles. The number of hydrogen-bond donors (Lipinski definition) is 2. The molecule has 2 N–H and O–H groups in total. The van der Waals surface area contributed by atoms with Crippen molar-refractivity contribution in [2.45, 2.75) is 25.3 Å². The van der Waals surface area contributed by atoms with Crippen molar-refractivity contribution in [3.05, 3.63) is 24.3 Å². The molecule has 4 rings (SSSR count). The molecule has 3 aromatic rings. The first-order chi connectivity index (χ1) is 10.4. The quantitative estimate of drug-likeness (QED) is 0.770. The number of imidazole rings is 1. The highest BCUT2D eigenvalue weighted by molar-refractivity contribution is 6.01. The van der Waals surface area contributed by atoms with Crippen LogP contribution < -0.4 is 0 Å². The van der Waals surface area contributed by atoms with Gasteiger partial charge in [0.2, 0.25) is 0 Å². The van der Waals surface area contributed by atoms with Crippen molar-refractivity contribution in [1.29, 1.82) is 0 Å². The maximum Gasteiger partial charge on any atom is 0.139 e. The van der Waals surface area contributed by atoms with Crippen LogP contribution in [0.1, 0.15) is 24.7 Å². The Hall–Kier alpha value is -1.92. The Labute approximate surface area is 121 Å². The third-order valence-electron chi connectivity index (χ3n) is 4.14. The molecular weight excluding hydrogens is 268 g/mol. The first-order valence-corrected chi connectivity index (χ1v) is 7.40. The van der Waals surface area contributed by atoms with E-state index in [1.807, 2.05) is 12.3 Å². The number of ether oxygens (including phenoxy) is 1. The van der Waals surface area contributed by atoms with Gasteiger partial charge in [-0.15, -0.1) is 0 Å². The molecule has 0 aliphatic carbocycles. The number of nitrogens with one attached hydrogen (secondary N) is 1. The fraction of sp³-hybridized carbons (Fsp3) is 0.467. The van der Waals surface area contributed by atoms with E-state index in [1.54, 1.807) is 6.20 Å². The molecule has 0 spiro atoms. The minimum atomic E-state index is 0.0978. The summed E-state index contributed by atoms with van der Waals surface area (Å²) in [6.45, 7) is 1.64. The average Bonchev–Trinajstić information content (AvgIpc) is 3.11. The molecular formula is C15H18N4O2. The van der Waals surface area contributed by atoms with Gasteiger partial charge >= 0.3 is 0 Å². The summed E-state index contributed by atoms with van der Waals surface area (Å²) in [5.74, 6) is 0.915. The second-order valence-corrected chi connectivity index (χ2v) is 5.47. The van der Waals surface area contributed by atoms with Gasteiger partial charge in [0, 0.05) is 24.6 Å². The van der Waals surface area contributed by atoms with Gasteiger partial charge in [-0.05, 0) is 18.9 Å². The number of aromatic amines is 1. The first kappa shape index (κ1) is 12.8. The summed E-state index contributed by atoms with van der Waals surface area (Å²) in [5.41, 5.74) is 2.85. The third-order valence-corrected chi connectivity index (χ3v) is 4.14. The number of aliphatic hydroxyl groups is 1. The highest BCUT2D eigenvalue weighted by Crippen LogP contribution is 2.30. The zero-order valence-electron chi connectivity index (χ0n) is 11.7. The number of nitrogens with zero attached hydrogens (tertiary/aromatic N) is 3. The van der Waals surface area contributed by atoms with Crippen LogP contribution in [0.15, 0.2) is 18.5 Å². The minimum absolute atomic E-state index is 0.0978. The fourth-order valence-electron chi connectivity index (χ4n) is 3.24. The molecule has 6 heteroatoms. The molecule has 0 bridgehead atoms. The van der Waals surface area contributed by atoms with Crippen LogP contribution in [0, 0.1) is 0 Å². The van der Waals surface area contributed by atoms with Crippen molar-refractivity contribution in [2.75, 3.05) is 19.8 Å². The van der Waals surface area contributed by atoms with E-state index >= 15 is 0 Å². The van der Waals surface area contributed by atoms with Crippen molar-refractivity contribution in [3.8, 4) is 0 Å². The SMILES string of the molecule is OCCc1nc2cnc3[nH]ccc3c2n1[C@H]1CCCOC1. The van der Waals surface area contributed by atoms with Crippen molar-refractivity contribution in [2.24, 2.45) is 0 Å². The molecule has 4 heterocycles. The number of H-pyrrole nitrogens is 1. The maximum atomic E-state index is 9.33. The van der Waals surface area contributed by atoms with Crippen LogP contribution in [0.5, 0.6) is 0 Å². The van der Waals surface area contributed by atoms with E-state index in [1.165, 1.54) is 0 Å². The second kappa shape index (κ2) is 5.13. The molecule has 1 aliphatic heterocycles. The third kappa shape index (κ3) is 2.02. The Balaban J connectivity index is 1.98. The lowest BCUT2D eigenvalue weighted by molar-refractivity contribution is 0.0594. The van der Waals surface area contributed by atoms with E-state index in [-0.39, 0.29) is 12.6 Å². The summed E-state index contributed by atoms with van der Waals surface area (Å²) in [6.07, 6.45) is 6.40.